The topological polar surface area (TPSA) is 161 Å². The van der Waals surface area contributed by atoms with Crippen LogP contribution in [0.3, 0.4) is 0 Å². The average Bonchev–Trinajstić information content (AvgIpc) is 3.43. The SMILES string of the molecule is CCCCCCCC/C=C/CCCCCCCC(=O)[O-].CCCCCCCC/C=C/CCCCCCCC(=O)[O-].CCCCCCCC/C=C/CCCCCCCC(=O)[O-].CCCCCCCC/C=C/CCCCCCCC(=O)[O-].[Sn+4]. The Morgan fingerprint density at radius 2 is 0.309 bits per heavy atom. The van der Waals surface area contributed by atoms with E-state index in [1.807, 2.05) is 0 Å². The molecule has 0 N–H and O–H groups in total. The fourth-order valence-electron chi connectivity index (χ4n) is 9.36. The summed E-state index contributed by atoms with van der Waals surface area (Å²) in [4.78, 5) is 40.9. The Balaban J connectivity index is -0.000000316. The maximum absolute atomic E-state index is 10.2. The third kappa shape index (κ3) is 103. The number of allylic oxidation sites excluding steroid dienone is 8. The average molecular weight is 1240 g/mol. The number of carboxylic acids is 4. The van der Waals surface area contributed by atoms with Crippen molar-refractivity contribution in [1.29, 1.82) is 0 Å². The summed E-state index contributed by atoms with van der Waals surface area (Å²) in [7, 11) is 0. The van der Waals surface area contributed by atoms with Gasteiger partial charge in [0.25, 0.3) is 0 Å². The molecule has 0 aliphatic carbocycles. The number of hydrogen-bond acceptors (Lipinski definition) is 8. The van der Waals surface area contributed by atoms with Gasteiger partial charge in [-0.1, -0.05) is 282 Å². The second-order valence-electron chi connectivity index (χ2n) is 22.8. The van der Waals surface area contributed by atoms with Crippen LogP contribution in [0, 0.1) is 0 Å². The van der Waals surface area contributed by atoms with E-state index in [1.165, 1.54) is 257 Å². The number of rotatable bonds is 60. The zero-order chi connectivity index (χ0) is 59.6. The van der Waals surface area contributed by atoms with Crippen molar-refractivity contribution in [2.24, 2.45) is 0 Å². The molecule has 0 heterocycles. The first kappa shape index (κ1) is 87.4. The normalized spacial score (nSPS) is 11.1. The molecule has 472 valence electrons. The largest absolute Gasteiger partial charge is 4.00 e. The van der Waals surface area contributed by atoms with E-state index in [-0.39, 0.29) is 49.6 Å². The summed E-state index contributed by atoms with van der Waals surface area (Å²) in [5, 5.41) is 40.9. The molecule has 8 nitrogen and oxygen atoms in total. The molecule has 0 aromatic heterocycles. The van der Waals surface area contributed by atoms with E-state index in [4.69, 9.17) is 0 Å². The number of aliphatic carboxylic acids is 4. The quantitative estimate of drug-likeness (QED) is 0.0330. The van der Waals surface area contributed by atoms with Gasteiger partial charge in [-0.25, -0.2) is 0 Å². The number of carboxylic acid groups (broad SMARTS) is 4. The van der Waals surface area contributed by atoms with Crippen molar-refractivity contribution in [1.82, 2.24) is 0 Å². The molecule has 0 bridgehead atoms. The van der Waals surface area contributed by atoms with Crippen molar-refractivity contribution in [3.05, 3.63) is 48.6 Å². The molecule has 0 aromatic carbocycles. The third-order valence-corrected chi connectivity index (χ3v) is 14.6. The molecule has 9 heteroatoms. The van der Waals surface area contributed by atoms with Crippen LogP contribution in [0.1, 0.15) is 387 Å². The van der Waals surface area contributed by atoms with E-state index in [9.17, 15) is 39.6 Å². The molecular formula is C72H132O8Sn. The van der Waals surface area contributed by atoms with Gasteiger partial charge in [-0.15, -0.1) is 0 Å². The first-order valence-electron chi connectivity index (χ1n) is 34.5. The maximum Gasteiger partial charge on any atom is 4.00 e. The fourth-order valence-corrected chi connectivity index (χ4v) is 9.36. The van der Waals surface area contributed by atoms with Crippen molar-refractivity contribution in [2.75, 3.05) is 0 Å². The molecule has 0 atom stereocenters. The molecule has 0 aliphatic heterocycles. The third-order valence-electron chi connectivity index (χ3n) is 14.6. The van der Waals surface area contributed by atoms with Crippen LogP contribution >= 0.6 is 0 Å². The standard InChI is InChI=1S/4C18H34O2.Sn/c4*1-2-3-4-5-6-7-8-9-10-11-12-13-14-15-16-17-18(19)20;/h4*9-10H,2-8,11-17H2,1H3,(H,19,20);/q;;;;+4/p-4/b4*10-9+;. The summed E-state index contributed by atoms with van der Waals surface area (Å²) < 4.78 is 0. The number of unbranched alkanes of at least 4 members (excludes halogenated alkanes) is 44. The monoisotopic (exact) mass is 1240 g/mol. The van der Waals surface area contributed by atoms with E-state index in [0.29, 0.717) is 0 Å². The summed E-state index contributed by atoms with van der Waals surface area (Å²) in [5.74, 6) is -3.66. The summed E-state index contributed by atoms with van der Waals surface area (Å²) >= 11 is 0. The van der Waals surface area contributed by atoms with Crippen LogP contribution in [-0.2, 0) is 19.2 Å². The van der Waals surface area contributed by atoms with Gasteiger partial charge in [0, 0.05) is 23.9 Å². The summed E-state index contributed by atoms with van der Waals surface area (Å²) in [6.45, 7) is 9.02. The predicted octanol–water partition coefficient (Wildman–Crippen LogP) is 18.7. The maximum atomic E-state index is 10.2. The minimum Gasteiger partial charge on any atom is -0.550 e. The molecule has 0 saturated heterocycles. The van der Waals surface area contributed by atoms with Gasteiger partial charge in [-0.05, 0) is 154 Å². The number of carbonyl (C=O) groups excluding carboxylic acids is 4. The first-order chi connectivity index (χ1) is 39.1. The Labute approximate surface area is 520 Å². The predicted molar refractivity (Wildman–Crippen MR) is 344 cm³/mol. The minimum absolute atomic E-state index is 0. The zero-order valence-corrected chi connectivity index (χ0v) is 56.8. The van der Waals surface area contributed by atoms with Crippen LogP contribution in [-0.4, -0.2) is 47.8 Å². The van der Waals surface area contributed by atoms with Crippen molar-refractivity contribution in [3.8, 4) is 0 Å². The number of hydrogen-bond donors (Lipinski definition) is 0. The van der Waals surface area contributed by atoms with Crippen molar-refractivity contribution < 1.29 is 39.6 Å². The Kier molecular flexibility index (Phi) is 90.8. The van der Waals surface area contributed by atoms with Gasteiger partial charge in [-0.3, -0.25) is 0 Å². The molecule has 0 unspecified atom stereocenters. The van der Waals surface area contributed by atoms with Gasteiger partial charge >= 0.3 is 23.9 Å². The second kappa shape index (κ2) is 84.1. The molecule has 0 rings (SSSR count). The van der Waals surface area contributed by atoms with Gasteiger partial charge in [0.15, 0.2) is 0 Å². The molecule has 0 fully saturated rings. The summed E-state index contributed by atoms with van der Waals surface area (Å²) in [6.07, 6.45) is 83.6. The second-order valence-corrected chi connectivity index (χ2v) is 22.8. The molecular weight excluding hydrogens is 1110 g/mol. The molecule has 81 heavy (non-hydrogen) atoms. The Morgan fingerprint density at radius 3 is 0.432 bits per heavy atom. The summed E-state index contributed by atoms with van der Waals surface area (Å²) in [5.41, 5.74) is 0. The van der Waals surface area contributed by atoms with Gasteiger partial charge in [-0.2, -0.15) is 0 Å². The van der Waals surface area contributed by atoms with Gasteiger partial charge < -0.3 is 39.6 Å². The van der Waals surface area contributed by atoms with E-state index in [2.05, 4.69) is 76.3 Å². The molecule has 0 amide bonds. The van der Waals surface area contributed by atoms with Crippen molar-refractivity contribution in [3.63, 3.8) is 0 Å². The fraction of sp³-hybridized carbons (Fsp3) is 0.833. The van der Waals surface area contributed by atoms with E-state index < -0.39 is 23.9 Å². The van der Waals surface area contributed by atoms with Crippen molar-refractivity contribution >= 4 is 47.8 Å². The molecule has 0 radical (unpaired) electrons. The number of carbonyl (C=O) groups is 4. The first-order valence-corrected chi connectivity index (χ1v) is 34.5. The van der Waals surface area contributed by atoms with Crippen LogP contribution in [0.4, 0.5) is 0 Å². The minimum atomic E-state index is -0.914. The van der Waals surface area contributed by atoms with Crippen LogP contribution in [0.15, 0.2) is 48.6 Å². The van der Waals surface area contributed by atoms with Crippen LogP contribution < -0.4 is 20.4 Å². The molecule has 0 saturated carbocycles. The van der Waals surface area contributed by atoms with Crippen LogP contribution in [0.25, 0.3) is 0 Å². The van der Waals surface area contributed by atoms with E-state index in [1.54, 1.807) is 0 Å². The van der Waals surface area contributed by atoms with Gasteiger partial charge in [0.05, 0.1) is 0 Å². The van der Waals surface area contributed by atoms with Crippen molar-refractivity contribution in [2.45, 2.75) is 387 Å². The zero-order valence-electron chi connectivity index (χ0n) is 54.0. The Morgan fingerprint density at radius 1 is 0.198 bits per heavy atom. The van der Waals surface area contributed by atoms with Crippen LogP contribution in [0.2, 0.25) is 0 Å². The summed E-state index contributed by atoms with van der Waals surface area (Å²) in [6, 6.07) is 0. The molecule has 0 aliphatic rings. The van der Waals surface area contributed by atoms with E-state index in [0.717, 1.165) is 77.0 Å². The Bertz CT molecular complexity index is 1140. The molecule has 0 aromatic rings. The smallest absolute Gasteiger partial charge is 0.550 e. The van der Waals surface area contributed by atoms with E-state index >= 15 is 0 Å². The van der Waals surface area contributed by atoms with Gasteiger partial charge in [0.1, 0.15) is 0 Å². The molecule has 0 spiro atoms. The van der Waals surface area contributed by atoms with Crippen LogP contribution in [0.5, 0.6) is 0 Å². The van der Waals surface area contributed by atoms with Gasteiger partial charge in [0.2, 0.25) is 0 Å². The Hall–Kier alpha value is -2.36.